The number of aliphatic hydroxyl groups is 3. The molecule has 2 unspecified atom stereocenters. The Morgan fingerprint density at radius 3 is 2.68 bits per heavy atom. The number of ether oxygens (including phenoxy) is 1. The molecule has 106 valence electrons. The molecule has 19 heavy (non-hydrogen) atoms. The zero-order chi connectivity index (χ0) is 14.2. The summed E-state index contributed by atoms with van der Waals surface area (Å²) in [6.07, 6.45) is -3.17. The van der Waals surface area contributed by atoms with E-state index in [1.165, 1.54) is 10.8 Å². The molecular weight excluding hydrogens is 274 g/mol. The fourth-order valence-corrected chi connectivity index (χ4v) is 2.18. The Morgan fingerprint density at radius 1 is 1.47 bits per heavy atom. The van der Waals surface area contributed by atoms with Crippen molar-refractivity contribution in [3.63, 3.8) is 0 Å². The highest BCUT2D eigenvalue weighted by atomic mass is 32.1. The van der Waals surface area contributed by atoms with Gasteiger partial charge in [0.1, 0.15) is 18.3 Å². The molecule has 5 N–H and O–H groups in total. The van der Waals surface area contributed by atoms with Gasteiger partial charge >= 0.3 is 0 Å². The van der Waals surface area contributed by atoms with Gasteiger partial charge in [0.25, 0.3) is 0 Å². The Kier molecular flexibility index (Phi) is 4.02. The van der Waals surface area contributed by atoms with Crippen LogP contribution in [0.1, 0.15) is 6.23 Å². The van der Waals surface area contributed by atoms with Gasteiger partial charge in [-0.3, -0.25) is 4.57 Å². The van der Waals surface area contributed by atoms with Crippen molar-refractivity contribution in [2.75, 3.05) is 19.0 Å². The molecule has 1 aliphatic heterocycles. The smallest absolute Gasteiger partial charge is 0.203 e. The number of anilines is 1. The monoisotopic (exact) mass is 289 g/mol. The molecule has 8 nitrogen and oxygen atoms in total. The molecule has 2 heterocycles. The van der Waals surface area contributed by atoms with Crippen LogP contribution in [0.3, 0.4) is 0 Å². The van der Waals surface area contributed by atoms with Gasteiger partial charge in [0.05, 0.1) is 12.8 Å². The largest absolute Gasteiger partial charge is 0.503 e. The predicted molar refractivity (Wildman–Crippen MR) is 67.3 cm³/mol. The average molecular weight is 289 g/mol. The van der Waals surface area contributed by atoms with Crippen LogP contribution in [0.5, 0.6) is 5.75 Å². The second-order valence-electron chi connectivity index (χ2n) is 4.14. The number of rotatable bonds is 3. The first-order chi connectivity index (χ1) is 8.99. The summed E-state index contributed by atoms with van der Waals surface area (Å²) in [5.74, 6) is 0.0295. The third-order valence-corrected chi connectivity index (χ3v) is 3.26. The van der Waals surface area contributed by atoms with E-state index < -0.39 is 31.1 Å². The molecule has 0 saturated carbocycles. The van der Waals surface area contributed by atoms with Crippen LogP contribution in [0, 0.1) is 4.77 Å². The minimum Gasteiger partial charge on any atom is -0.503 e. The van der Waals surface area contributed by atoms with Gasteiger partial charge < -0.3 is 30.5 Å². The third-order valence-electron chi connectivity index (χ3n) is 2.96. The van der Waals surface area contributed by atoms with Crippen LogP contribution in [0.15, 0.2) is 6.20 Å². The van der Waals surface area contributed by atoms with Crippen molar-refractivity contribution in [2.24, 2.45) is 0 Å². The summed E-state index contributed by atoms with van der Waals surface area (Å²) in [4.78, 5) is 3.93. The van der Waals surface area contributed by atoms with Gasteiger partial charge in [-0.15, -0.1) is 0 Å². The summed E-state index contributed by atoms with van der Waals surface area (Å²) in [6.45, 7) is -0.434. The van der Waals surface area contributed by atoms with Crippen molar-refractivity contribution < 1.29 is 25.2 Å². The molecule has 0 aromatic carbocycles. The number of aromatic hydroxyl groups is 1. The Bertz CT molecular complexity index is 522. The molecule has 0 amide bonds. The fraction of sp³-hybridized carbons (Fsp3) is 0.600. The van der Waals surface area contributed by atoms with E-state index in [4.69, 9.17) is 22.1 Å². The van der Waals surface area contributed by atoms with Crippen LogP contribution >= 0.6 is 12.2 Å². The van der Waals surface area contributed by atoms with E-state index in [0.29, 0.717) is 0 Å². The first-order valence-electron chi connectivity index (χ1n) is 5.62. The predicted octanol–water partition coefficient (Wildman–Crippen LogP) is -1.03. The zero-order valence-corrected chi connectivity index (χ0v) is 10.9. The number of nitrogens with one attached hydrogen (secondary N) is 1. The van der Waals surface area contributed by atoms with Gasteiger partial charge in [-0.1, -0.05) is 0 Å². The van der Waals surface area contributed by atoms with Crippen LogP contribution in [0.25, 0.3) is 0 Å². The van der Waals surface area contributed by atoms with Crippen LogP contribution in [0.4, 0.5) is 5.82 Å². The Hall–Kier alpha value is -1.26. The molecule has 0 spiro atoms. The van der Waals surface area contributed by atoms with Crippen molar-refractivity contribution in [3.05, 3.63) is 11.0 Å². The highest BCUT2D eigenvalue weighted by molar-refractivity contribution is 7.71. The van der Waals surface area contributed by atoms with Crippen LogP contribution in [0.2, 0.25) is 0 Å². The second kappa shape index (κ2) is 5.39. The van der Waals surface area contributed by atoms with Crippen LogP contribution in [-0.4, -0.2) is 61.9 Å². The minimum absolute atomic E-state index is 0.0667. The summed E-state index contributed by atoms with van der Waals surface area (Å²) in [7, 11) is 1.58. The van der Waals surface area contributed by atoms with Gasteiger partial charge in [0, 0.05) is 7.05 Å². The van der Waals surface area contributed by atoms with Gasteiger partial charge in [0.15, 0.2) is 17.8 Å². The highest BCUT2D eigenvalue weighted by Crippen LogP contribution is 2.31. The summed E-state index contributed by atoms with van der Waals surface area (Å²) < 4.78 is 6.60. The third kappa shape index (κ3) is 2.42. The topological polar surface area (TPSA) is 120 Å². The Balaban J connectivity index is 2.38. The quantitative estimate of drug-likeness (QED) is 0.448. The SMILES string of the molecule is CNc1nc(=S)n([C@@H]2O[C@H](CO)C(O)C2O)cc1O. The van der Waals surface area contributed by atoms with Gasteiger partial charge in [0.2, 0.25) is 4.77 Å². The highest BCUT2D eigenvalue weighted by Gasteiger charge is 2.43. The maximum Gasteiger partial charge on any atom is 0.203 e. The maximum absolute atomic E-state index is 9.88. The summed E-state index contributed by atoms with van der Waals surface area (Å²) in [5, 5.41) is 40.9. The van der Waals surface area contributed by atoms with Crippen molar-refractivity contribution in [3.8, 4) is 5.75 Å². The molecule has 0 radical (unpaired) electrons. The normalized spacial score (nSPS) is 30.5. The molecule has 1 aliphatic rings. The zero-order valence-electron chi connectivity index (χ0n) is 10.1. The van der Waals surface area contributed by atoms with E-state index in [1.54, 1.807) is 7.05 Å². The number of hydrogen-bond donors (Lipinski definition) is 5. The Morgan fingerprint density at radius 2 is 2.16 bits per heavy atom. The lowest BCUT2D eigenvalue weighted by molar-refractivity contribution is -0.0542. The molecule has 1 saturated heterocycles. The summed E-state index contributed by atoms with van der Waals surface area (Å²) >= 11 is 5.03. The van der Waals surface area contributed by atoms with E-state index in [-0.39, 0.29) is 16.3 Å². The van der Waals surface area contributed by atoms with E-state index in [2.05, 4.69) is 10.3 Å². The van der Waals surface area contributed by atoms with E-state index in [1.807, 2.05) is 0 Å². The van der Waals surface area contributed by atoms with Crippen molar-refractivity contribution in [1.82, 2.24) is 9.55 Å². The van der Waals surface area contributed by atoms with Crippen LogP contribution < -0.4 is 5.32 Å². The summed E-state index contributed by atoms with van der Waals surface area (Å²) in [6, 6.07) is 0. The van der Waals surface area contributed by atoms with E-state index in [9.17, 15) is 15.3 Å². The summed E-state index contributed by atoms with van der Waals surface area (Å²) in [5.41, 5.74) is 0. The Labute approximate surface area is 113 Å². The van der Waals surface area contributed by atoms with Crippen molar-refractivity contribution in [2.45, 2.75) is 24.5 Å². The molecular formula is C10H15N3O5S. The van der Waals surface area contributed by atoms with Gasteiger partial charge in [-0.25, -0.2) is 0 Å². The molecule has 1 aromatic heterocycles. The second-order valence-corrected chi connectivity index (χ2v) is 4.51. The van der Waals surface area contributed by atoms with E-state index >= 15 is 0 Å². The van der Waals surface area contributed by atoms with E-state index in [0.717, 1.165) is 0 Å². The van der Waals surface area contributed by atoms with Gasteiger partial charge in [-0.2, -0.15) is 4.98 Å². The fourth-order valence-electron chi connectivity index (χ4n) is 1.93. The first kappa shape index (κ1) is 14.2. The number of aliphatic hydroxyl groups excluding tert-OH is 3. The molecule has 1 aromatic rings. The molecule has 1 fully saturated rings. The van der Waals surface area contributed by atoms with Gasteiger partial charge in [-0.05, 0) is 12.2 Å². The number of hydrogen-bond acceptors (Lipinski definition) is 8. The molecule has 0 aliphatic carbocycles. The molecule has 9 heteroatoms. The number of nitrogens with zero attached hydrogens (tertiary/aromatic N) is 2. The van der Waals surface area contributed by atoms with Crippen molar-refractivity contribution >= 4 is 18.0 Å². The lowest BCUT2D eigenvalue weighted by atomic mass is 10.1. The maximum atomic E-state index is 9.88. The lowest BCUT2D eigenvalue weighted by Gasteiger charge is -2.19. The first-order valence-corrected chi connectivity index (χ1v) is 6.02. The van der Waals surface area contributed by atoms with Crippen LogP contribution in [-0.2, 0) is 4.74 Å². The minimum atomic E-state index is -1.27. The molecule has 2 rings (SSSR count). The lowest BCUT2D eigenvalue weighted by Crippen LogP contribution is -2.33. The average Bonchev–Trinajstić information content (AvgIpc) is 2.68. The molecule has 4 atom stereocenters. The standard InChI is InChI=1S/C10H15N3O5S/c1-11-8-4(15)2-13(10(19)12-8)9-7(17)6(16)5(3-14)18-9/h2,5-7,9,14-17H,3H2,1H3,(H,11,12,19)/t5-,6?,7?,9-/m1/s1. The number of aromatic nitrogens is 2. The molecule has 0 bridgehead atoms. The van der Waals surface area contributed by atoms with Crippen molar-refractivity contribution in [1.29, 1.82) is 0 Å².